The lowest BCUT2D eigenvalue weighted by Crippen LogP contribution is -2.29. The van der Waals surface area contributed by atoms with E-state index < -0.39 is 10.0 Å². The number of benzene rings is 4. The first kappa shape index (κ1) is 25.2. The van der Waals surface area contributed by atoms with Crippen molar-refractivity contribution in [2.75, 3.05) is 28.6 Å². The summed E-state index contributed by atoms with van der Waals surface area (Å²) < 4.78 is 33.6. The number of carbonyl (C=O) groups excluding carboxylic acids is 1. The standard InChI is InChI=1S/C29H27N3O5S/c1-37-23-13-15-24(16-14-23)38(35,36)32-18-17-21-5-4-7-26(28(21)32)30-19-20-9-11-22(12-10-20)29(34)31-25-6-2-3-8-27(25)33/h2-16,30,33H,17-19H2,1H3,(H,31,34). The molecule has 1 aliphatic heterocycles. The minimum Gasteiger partial charge on any atom is -0.506 e. The van der Waals surface area contributed by atoms with E-state index in [0.29, 0.717) is 42.2 Å². The van der Waals surface area contributed by atoms with Crippen LogP contribution in [0.1, 0.15) is 21.5 Å². The number of nitrogens with one attached hydrogen (secondary N) is 2. The molecular formula is C29H27N3O5S. The van der Waals surface area contributed by atoms with Gasteiger partial charge in [0, 0.05) is 18.7 Å². The predicted molar refractivity (Wildman–Crippen MR) is 148 cm³/mol. The minimum atomic E-state index is -3.75. The molecule has 194 valence electrons. The molecule has 1 aliphatic rings. The van der Waals surface area contributed by atoms with Gasteiger partial charge in [0.1, 0.15) is 11.5 Å². The normalized spacial score (nSPS) is 12.6. The van der Waals surface area contributed by atoms with Crippen molar-refractivity contribution in [2.45, 2.75) is 17.9 Å². The number of hydrogen-bond donors (Lipinski definition) is 3. The largest absolute Gasteiger partial charge is 0.506 e. The van der Waals surface area contributed by atoms with Gasteiger partial charge in [-0.1, -0.05) is 36.4 Å². The molecule has 0 radical (unpaired) electrons. The molecule has 0 fully saturated rings. The molecule has 0 spiro atoms. The SMILES string of the molecule is COc1ccc(S(=O)(=O)N2CCc3cccc(NCc4ccc(C(=O)Nc5ccccc5O)cc4)c32)cc1. The lowest BCUT2D eigenvalue weighted by Gasteiger charge is -2.23. The number of phenolic OH excluding ortho intramolecular Hbond substituents is 1. The van der Waals surface area contributed by atoms with E-state index in [2.05, 4.69) is 10.6 Å². The van der Waals surface area contributed by atoms with Gasteiger partial charge in [0.2, 0.25) is 0 Å². The van der Waals surface area contributed by atoms with Crippen LogP contribution in [-0.2, 0) is 23.0 Å². The average Bonchev–Trinajstić information content (AvgIpc) is 3.39. The van der Waals surface area contributed by atoms with Crippen molar-refractivity contribution in [1.82, 2.24) is 0 Å². The maximum Gasteiger partial charge on any atom is 0.264 e. The Bertz CT molecular complexity index is 1570. The molecule has 0 bridgehead atoms. The first-order chi connectivity index (χ1) is 18.4. The first-order valence-electron chi connectivity index (χ1n) is 12.1. The molecule has 0 atom stereocenters. The number of amides is 1. The second-order valence-electron chi connectivity index (χ2n) is 8.84. The number of aromatic hydroxyl groups is 1. The van der Waals surface area contributed by atoms with Crippen molar-refractivity contribution in [3.8, 4) is 11.5 Å². The van der Waals surface area contributed by atoms with Crippen LogP contribution in [0, 0.1) is 0 Å². The Morgan fingerprint density at radius 1 is 0.921 bits per heavy atom. The number of phenols is 1. The molecule has 0 saturated carbocycles. The summed E-state index contributed by atoms with van der Waals surface area (Å²) in [6.07, 6.45) is 0.626. The van der Waals surface area contributed by atoms with Crippen LogP contribution in [-0.4, -0.2) is 33.1 Å². The highest BCUT2D eigenvalue weighted by Crippen LogP contribution is 2.39. The van der Waals surface area contributed by atoms with E-state index in [0.717, 1.165) is 16.8 Å². The van der Waals surface area contributed by atoms with Gasteiger partial charge >= 0.3 is 0 Å². The van der Waals surface area contributed by atoms with Crippen molar-refractivity contribution in [1.29, 1.82) is 0 Å². The Morgan fingerprint density at radius 2 is 1.63 bits per heavy atom. The molecule has 8 nitrogen and oxygen atoms in total. The molecule has 0 aliphatic carbocycles. The molecule has 3 N–H and O–H groups in total. The van der Waals surface area contributed by atoms with Crippen LogP contribution in [0.25, 0.3) is 0 Å². The zero-order valence-electron chi connectivity index (χ0n) is 20.7. The average molecular weight is 530 g/mol. The Labute approximate surface area is 221 Å². The number of methoxy groups -OCH3 is 1. The summed E-state index contributed by atoms with van der Waals surface area (Å²) >= 11 is 0. The number of para-hydroxylation sites is 3. The second kappa shape index (κ2) is 10.5. The number of carbonyl (C=O) groups is 1. The van der Waals surface area contributed by atoms with E-state index in [1.54, 1.807) is 54.6 Å². The molecule has 9 heteroatoms. The second-order valence-corrected chi connectivity index (χ2v) is 10.7. The fourth-order valence-corrected chi connectivity index (χ4v) is 5.95. The number of hydrogen-bond acceptors (Lipinski definition) is 6. The summed E-state index contributed by atoms with van der Waals surface area (Å²) in [7, 11) is -2.21. The molecule has 0 aromatic heterocycles. The van der Waals surface area contributed by atoms with Crippen molar-refractivity contribution in [3.63, 3.8) is 0 Å². The molecule has 1 amide bonds. The molecule has 5 rings (SSSR count). The van der Waals surface area contributed by atoms with Crippen molar-refractivity contribution in [3.05, 3.63) is 108 Å². The van der Waals surface area contributed by atoms with Gasteiger partial charge < -0.3 is 20.5 Å². The van der Waals surface area contributed by atoms with E-state index in [-0.39, 0.29) is 16.6 Å². The topological polar surface area (TPSA) is 108 Å². The first-order valence-corrected chi connectivity index (χ1v) is 13.5. The number of ether oxygens (including phenoxy) is 1. The van der Waals surface area contributed by atoms with E-state index in [4.69, 9.17) is 4.74 Å². The maximum absolute atomic E-state index is 13.5. The van der Waals surface area contributed by atoms with Gasteiger partial charge in [-0.3, -0.25) is 9.10 Å². The highest BCUT2D eigenvalue weighted by atomic mass is 32.2. The number of rotatable bonds is 8. The van der Waals surface area contributed by atoms with Crippen LogP contribution in [0.4, 0.5) is 17.1 Å². The van der Waals surface area contributed by atoms with Gasteiger partial charge in [0.25, 0.3) is 15.9 Å². The monoisotopic (exact) mass is 529 g/mol. The fraction of sp³-hybridized carbons (Fsp3) is 0.138. The lowest BCUT2D eigenvalue weighted by molar-refractivity contribution is 0.102. The Kier molecular flexibility index (Phi) is 6.93. The summed E-state index contributed by atoms with van der Waals surface area (Å²) in [6.45, 7) is 0.803. The van der Waals surface area contributed by atoms with Gasteiger partial charge in [-0.05, 0) is 72.1 Å². The summed E-state index contributed by atoms with van der Waals surface area (Å²) in [5, 5.41) is 15.9. The van der Waals surface area contributed by atoms with E-state index in [1.165, 1.54) is 17.5 Å². The van der Waals surface area contributed by atoms with Gasteiger partial charge in [0.05, 0.1) is 29.1 Å². The van der Waals surface area contributed by atoms with Gasteiger partial charge in [0.15, 0.2) is 0 Å². The van der Waals surface area contributed by atoms with Crippen LogP contribution in [0.2, 0.25) is 0 Å². The molecule has 4 aromatic carbocycles. The molecular weight excluding hydrogens is 502 g/mol. The number of sulfonamides is 1. The van der Waals surface area contributed by atoms with Gasteiger partial charge in [-0.2, -0.15) is 0 Å². The highest BCUT2D eigenvalue weighted by molar-refractivity contribution is 7.92. The minimum absolute atomic E-state index is 0.000104. The zero-order chi connectivity index (χ0) is 26.7. The third-order valence-electron chi connectivity index (χ3n) is 6.45. The van der Waals surface area contributed by atoms with Crippen LogP contribution in [0.3, 0.4) is 0 Å². The molecule has 0 unspecified atom stereocenters. The van der Waals surface area contributed by atoms with Crippen LogP contribution in [0.5, 0.6) is 11.5 Å². The van der Waals surface area contributed by atoms with E-state index in [9.17, 15) is 18.3 Å². The molecule has 38 heavy (non-hydrogen) atoms. The van der Waals surface area contributed by atoms with Gasteiger partial charge in [-0.15, -0.1) is 0 Å². The third-order valence-corrected chi connectivity index (χ3v) is 8.27. The predicted octanol–water partition coefficient (Wildman–Crippen LogP) is 5.02. The number of nitrogens with zero attached hydrogens (tertiary/aromatic N) is 1. The quantitative estimate of drug-likeness (QED) is 0.277. The Morgan fingerprint density at radius 3 is 2.34 bits per heavy atom. The maximum atomic E-state index is 13.5. The van der Waals surface area contributed by atoms with E-state index in [1.807, 2.05) is 30.3 Å². The third kappa shape index (κ3) is 5.01. The number of anilines is 3. The lowest BCUT2D eigenvalue weighted by atomic mass is 10.1. The van der Waals surface area contributed by atoms with Crippen molar-refractivity contribution in [2.24, 2.45) is 0 Å². The van der Waals surface area contributed by atoms with Crippen LogP contribution >= 0.6 is 0 Å². The summed E-state index contributed by atoms with van der Waals surface area (Å²) in [5.74, 6) is 0.265. The van der Waals surface area contributed by atoms with E-state index >= 15 is 0 Å². The summed E-state index contributed by atoms with van der Waals surface area (Å²) in [6, 6.07) is 25.8. The fourth-order valence-electron chi connectivity index (χ4n) is 4.42. The Balaban J connectivity index is 1.31. The molecule has 0 saturated heterocycles. The Hall–Kier alpha value is -4.50. The van der Waals surface area contributed by atoms with Crippen molar-refractivity contribution >= 4 is 33.0 Å². The van der Waals surface area contributed by atoms with Crippen molar-refractivity contribution < 1.29 is 23.1 Å². The summed E-state index contributed by atoms with van der Waals surface area (Å²) in [4.78, 5) is 12.8. The number of fused-ring (bicyclic) bond motifs is 1. The molecule has 4 aromatic rings. The van der Waals surface area contributed by atoms with Crippen LogP contribution in [0.15, 0.2) is 95.9 Å². The zero-order valence-corrected chi connectivity index (χ0v) is 21.5. The van der Waals surface area contributed by atoms with Crippen LogP contribution < -0.4 is 19.7 Å². The smallest absolute Gasteiger partial charge is 0.264 e. The highest BCUT2D eigenvalue weighted by Gasteiger charge is 2.32. The summed E-state index contributed by atoms with van der Waals surface area (Å²) in [5.41, 5.74) is 4.05. The molecule has 1 heterocycles. The van der Waals surface area contributed by atoms with Gasteiger partial charge in [-0.25, -0.2) is 8.42 Å².